The zero-order chi connectivity index (χ0) is 17.0. The summed E-state index contributed by atoms with van der Waals surface area (Å²) < 4.78 is 31.9. The van der Waals surface area contributed by atoms with Crippen molar-refractivity contribution in [3.8, 4) is 6.01 Å². The molecular weight excluding hydrogens is 326 g/mol. The van der Waals surface area contributed by atoms with Gasteiger partial charge in [-0.3, -0.25) is 0 Å². The fraction of sp³-hybridized carbons (Fsp3) is 0.294. The summed E-state index contributed by atoms with van der Waals surface area (Å²) in [5.74, 6) is 0. The van der Waals surface area contributed by atoms with Crippen molar-refractivity contribution in [3.05, 3.63) is 59.3 Å². The topological polar surface area (TPSA) is 72.4 Å². The van der Waals surface area contributed by atoms with Crippen LogP contribution in [0.25, 0.3) is 6.08 Å². The summed E-state index contributed by atoms with van der Waals surface area (Å²) >= 11 is 0. The van der Waals surface area contributed by atoms with Crippen molar-refractivity contribution < 1.29 is 13.2 Å². The molecule has 0 spiro atoms. The van der Waals surface area contributed by atoms with Gasteiger partial charge in [-0.25, -0.2) is 18.4 Å². The lowest BCUT2D eigenvalue weighted by molar-refractivity contribution is 0.198. The van der Waals surface area contributed by atoms with Crippen LogP contribution in [-0.2, 0) is 10.0 Å². The molecule has 1 aliphatic heterocycles. The van der Waals surface area contributed by atoms with Crippen molar-refractivity contribution >= 4 is 16.1 Å². The fourth-order valence-electron chi connectivity index (χ4n) is 2.45. The normalized spacial score (nSPS) is 19.0. The number of nitrogens with zero attached hydrogens (tertiary/aromatic N) is 3. The Kier molecular flexibility index (Phi) is 4.92. The third kappa shape index (κ3) is 4.18. The predicted molar refractivity (Wildman–Crippen MR) is 91.8 cm³/mol. The summed E-state index contributed by atoms with van der Waals surface area (Å²) in [6.07, 6.45) is 5.20. The molecule has 24 heavy (non-hydrogen) atoms. The highest BCUT2D eigenvalue weighted by Gasteiger charge is 2.31. The van der Waals surface area contributed by atoms with E-state index in [2.05, 4.69) is 9.97 Å². The van der Waals surface area contributed by atoms with E-state index in [1.807, 2.05) is 31.2 Å². The fourth-order valence-corrected chi connectivity index (χ4v) is 3.68. The van der Waals surface area contributed by atoms with E-state index in [0.717, 1.165) is 11.1 Å². The van der Waals surface area contributed by atoms with Crippen LogP contribution in [0.15, 0.2) is 48.1 Å². The van der Waals surface area contributed by atoms with Crippen LogP contribution in [0.5, 0.6) is 6.01 Å². The second-order valence-corrected chi connectivity index (χ2v) is 7.49. The summed E-state index contributed by atoms with van der Waals surface area (Å²) in [5.41, 5.74) is 1.99. The summed E-state index contributed by atoms with van der Waals surface area (Å²) in [7, 11) is -3.46. The van der Waals surface area contributed by atoms with E-state index < -0.39 is 10.0 Å². The van der Waals surface area contributed by atoms with Crippen LogP contribution in [0, 0.1) is 6.92 Å². The quantitative estimate of drug-likeness (QED) is 0.831. The first-order valence-electron chi connectivity index (χ1n) is 7.71. The minimum absolute atomic E-state index is 0.227. The van der Waals surface area contributed by atoms with Crippen LogP contribution in [-0.4, -0.2) is 41.9 Å². The molecule has 0 aliphatic carbocycles. The second kappa shape index (κ2) is 7.11. The number of rotatable bonds is 5. The Bertz CT molecular complexity index is 805. The Hall–Kier alpha value is -2.25. The number of benzene rings is 1. The molecule has 6 nitrogen and oxygen atoms in total. The van der Waals surface area contributed by atoms with E-state index in [1.54, 1.807) is 24.5 Å². The molecule has 2 heterocycles. The predicted octanol–water partition coefficient (Wildman–Crippen LogP) is 2.24. The summed E-state index contributed by atoms with van der Waals surface area (Å²) in [6, 6.07) is 9.66. The van der Waals surface area contributed by atoms with Crippen molar-refractivity contribution in [1.29, 1.82) is 0 Å². The highest BCUT2D eigenvalue weighted by molar-refractivity contribution is 7.92. The number of aryl methyl sites for hydroxylation is 1. The van der Waals surface area contributed by atoms with E-state index in [0.29, 0.717) is 19.5 Å². The van der Waals surface area contributed by atoms with Gasteiger partial charge in [0.1, 0.15) is 6.10 Å². The van der Waals surface area contributed by atoms with Gasteiger partial charge in [-0.05, 0) is 31.1 Å². The number of aromatic nitrogens is 2. The average Bonchev–Trinajstić information content (AvgIpc) is 3.05. The Morgan fingerprint density at radius 1 is 1.21 bits per heavy atom. The van der Waals surface area contributed by atoms with E-state index in [1.165, 1.54) is 9.71 Å². The molecule has 7 heteroatoms. The Morgan fingerprint density at radius 3 is 2.62 bits per heavy atom. The zero-order valence-electron chi connectivity index (χ0n) is 13.4. The second-order valence-electron chi connectivity index (χ2n) is 5.68. The molecule has 1 fully saturated rings. The van der Waals surface area contributed by atoms with Crippen molar-refractivity contribution in [3.63, 3.8) is 0 Å². The first kappa shape index (κ1) is 16.6. The minimum atomic E-state index is -3.46. The van der Waals surface area contributed by atoms with E-state index in [-0.39, 0.29) is 12.1 Å². The molecule has 1 aromatic carbocycles. The van der Waals surface area contributed by atoms with Gasteiger partial charge in [0.05, 0.1) is 6.54 Å². The monoisotopic (exact) mass is 345 g/mol. The molecule has 0 N–H and O–H groups in total. The highest BCUT2D eigenvalue weighted by Crippen LogP contribution is 2.19. The highest BCUT2D eigenvalue weighted by atomic mass is 32.2. The maximum Gasteiger partial charge on any atom is 0.316 e. The van der Waals surface area contributed by atoms with Gasteiger partial charge in [0.2, 0.25) is 10.0 Å². The van der Waals surface area contributed by atoms with Crippen molar-refractivity contribution in [2.24, 2.45) is 0 Å². The lowest BCUT2D eigenvalue weighted by Crippen LogP contribution is -2.29. The molecule has 1 aromatic heterocycles. The van der Waals surface area contributed by atoms with Crippen LogP contribution < -0.4 is 4.74 Å². The lowest BCUT2D eigenvalue weighted by atomic mass is 10.2. The molecule has 0 bridgehead atoms. The van der Waals surface area contributed by atoms with Crippen molar-refractivity contribution in [2.45, 2.75) is 19.4 Å². The molecular formula is C17H19N3O3S. The van der Waals surface area contributed by atoms with Crippen LogP contribution in [0.1, 0.15) is 17.5 Å². The SMILES string of the molecule is Cc1ccc(/C=C/S(=O)(=O)N2CC[C@H](Oc3ncccn3)C2)cc1. The van der Waals surface area contributed by atoms with Gasteiger partial charge in [-0.1, -0.05) is 29.8 Å². The van der Waals surface area contributed by atoms with E-state index in [4.69, 9.17) is 4.74 Å². The molecule has 0 amide bonds. The van der Waals surface area contributed by atoms with Gasteiger partial charge < -0.3 is 4.74 Å². The number of ether oxygens (including phenoxy) is 1. The Labute approximate surface area is 141 Å². The standard InChI is InChI=1S/C17H19N3O3S/c1-14-3-5-15(6-4-14)8-12-24(21,22)20-11-7-16(13-20)23-17-18-9-2-10-19-17/h2-6,8-10,12,16H,7,11,13H2,1H3/b12-8+/t16-/m0/s1. The molecule has 1 aliphatic rings. The molecule has 0 radical (unpaired) electrons. The summed E-state index contributed by atoms with van der Waals surface area (Å²) in [4.78, 5) is 7.99. The zero-order valence-corrected chi connectivity index (χ0v) is 14.2. The van der Waals surface area contributed by atoms with Gasteiger partial charge >= 0.3 is 6.01 Å². The van der Waals surface area contributed by atoms with Gasteiger partial charge in [-0.2, -0.15) is 4.31 Å². The maximum absolute atomic E-state index is 12.4. The van der Waals surface area contributed by atoms with E-state index in [9.17, 15) is 8.42 Å². The largest absolute Gasteiger partial charge is 0.459 e. The van der Waals surface area contributed by atoms with Crippen LogP contribution in [0.3, 0.4) is 0 Å². The number of hydrogen-bond donors (Lipinski definition) is 0. The molecule has 0 unspecified atom stereocenters. The van der Waals surface area contributed by atoms with Crippen molar-refractivity contribution in [2.75, 3.05) is 13.1 Å². The average molecular weight is 345 g/mol. The maximum atomic E-state index is 12.4. The molecule has 126 valence electrons. The smallest absolute Gasteiger partial charge is 0.316 e. The van der Waals surface area contributed by atoms with E-state index >= 15 is 0 Å². The number of hydrogen-bond acceptors (Lipinski definition) is 5. The first-order chi connectivity index (χ1) is 11.5. The summed E-state index contributed by atoms with van der Waals surface area (Å²) in [5, 5.41) is 1.25. The molecule has 1 saturated heterocycles. The Morgan fingerprint density at radius 2 is 1.92 bits per heavy atom. The van der Waals surface area contributed by atoms with Gasteiger partial charge in [0, 0.05) is 24.3 Å². The summed E-state index contributed by atoms with van der Waals surface area (Å²) in [6.45, 7) is 2.72. The third-order valence-corrected chi connectivity index (χ3v) is 5.32. The van der Waals surface area contributed by atoms with Crippen molar-refractivity contribution in [1.82, 2.24) is 14.3 Å². The third-order valence-electron chi connectivity index (χ3n) is 3.79. The number of sulfonamides is 1. The molecule has 2 aromatic rings. The van der Waals surface area contributed by atoms with Gasteiger partial charge in [0.25, 0.3) is 0 Å². The van der Waals surface area contributed by atoms with Gasteiger partial charge in [-0.15, -0.1) is 0 Å². The van der Waals surface area contributed by atoms with Crippen LogP contribution >= 0.6 is 0 Å². The lowest BCUT2D eigenvalue weighted by Gasteiger charge is -2.14. The molecule has 1 atom stereocenters. The first-order valence-corrected chi connectivity index (χ1v) is 9.22. The van der Waals surface area contributed by atoms with Gasteiger partial charge in [0.15, 0.2) is 0 Å². The van der Waals surface area contributed by atoms with Crippen LogP contribution in [0.4, 0.5) is 0 Å². The van der Waals surface area contributed by atoms with Crippen LogP contribution in [0.2, 0.25) is 0 Å². The molecule has 0 saturated carbocycles. The molecule has 3 rings (SSSR count). The minimum Gasteiger partial charge on any atom is -0.459 e. The Balaban J connectivity index is 1.62.